The molecule has 1 aromatic carbocycles. The minimum Gasteiger partial charge on any atom is -0.442 e. The third-order valence-corrected chi connectivity index (χ3v) is 4.29. The van der Waals surface area contributed by atoms with Crippen LogP contribution in [-0.2, 0) is 11.2 Å². The summed E-state index contributed by atoms with van der Waals surface area (Å²) < 4.78 is 24.7. The zero-order valence-electron chi connectivity index (χ0n) is 14.4. The molecule has 134 valence electrons. The van der Waals surface area contributed by atoms with Gasteiger partial charge in [-0.1, -0.05) is 12.1 Å². The van der Waals surface area contributed by atoms with E-state index in [2.05, 4.69) is 19.9 Å². The largest absolute Gasteiger partial charge is 0.442 e. The molecule has 0 N–H and O–H groups in total. The van der Waals surface area contributed by atoms with Crippen LogP contribution in [0, 0.1) is 12.7 Å². The molecular weight excluding hydrogens is 335 g/mol. The van der Waals surface area contributed by atoms with Crippen molar-refractivity contribution in [1.29, 1.82) is 0 Å². The van der Waals surface area contributed by atoms with Gasteiger partial charge in [0.2, 0.25) is 5.89 Å². The molecule has 4 rings (SSSR count). The number of aryl methyl sites for hydroxylation is 1. The van der Waals surface area contributed by atoms with Crippen LogP contribution in [0.25, 0.3) is 0 Å². The van der Waals surface area contributed by atoms with Gasteiger partial charge < -0.3 is 14.1 Å². The Morgan fingerprint density at radius 1 is 1.19 bits per heavy atom. The van der Waals surface area contributed by atoms with Gasteiger partial charge in [-0.25, -0.2) is 19.3 Å². The SMILES string of the molecule is Cc1nccc(N2CCO[C@@H](c3ncc(Cc4ccc(F)cc4)o3)C2)n1. The molecule has 1 atom stereocenters. The molecule has 0 bridgehead atoms. The maximum Gasteiger partial charge on any atom is 0.225 e. The Bertz CT molecular complexity index is 881. The summed E-state index contributed by atoms with van der Waals surface area (Å²) in [6.45, 7) is 3.82. The lowest BCUT2D eigenvalue weighted by atomic mass is 10.1. The summed E-state index contributed by atoms with van der Waals surface area (Å²) in [6, 6.07) is 8.27. The molecule has 0 spiro atoms. The second kappa shape index (κ2) is 7.21. The highest BCUT2D eigenvalue weighted by atomic mass is 19.1. The molecular formula is C19H19FN4O2. The number of morpholine rings is 1. The maximum absolute atomic E-state index is 13.0. The first-order valence-electron chi connectivity index (χ1n) is 8.52. The summed E-state index contributed by atoms with van der Waals surface area (Å²) in [6.07, 6.45) is 3.78. The Kier molecular flexibility index (Phi) is 4.62. The molecule has 1 aliphatic heterocycles. The predicted octanol–water partition coefficient (Wildman–Crippen LogP) is 3.08. The van der Waals surface area contributed by atoms with E-state index >= 15 is 0 Å². The van der Waals surface area contributed by atoms with Crippen molar-refractivity contribution in [2.45, 2.75) is 19.4 Å². The fourth-order valence-electron chi connectivity index (χ4n) is 2.98. The van der Waals surface area contributed by atoms with Crippen LogP contribution in [0.3, 0.4) is 0 Å². The van der Waals surface area contributed by atoms with Crippen LogP contribution in [0.15, 0.2) is 47.1 Å². The molecule has 0 radical (unpaired) electrons. The highest BCUT2D eigenvalue weighted by Gasteiger charge is 2.26. The van der Waals surface area contributed by atoms with Crippen molar-refractivity contribution < 1.29 is 13.5 Å². The van der Waals surface area contributed by atoms with E-state index in [0.29, 0.717) is 25.5 Å². The summed E-state index contributed by atoms with van der Waals surface area (Å²) in [5.41, 5.74) is 0.969. The molecule has 1 fully saturated rings. The second-order valence-electron chi connectivity index (χ2n) is 6.24. The number of aromatic nitrogens is 3. The number of nitrogens with zero attached hydrogens (tertiary/aromatic N) is 4. The van der Waals surface area contributed by atoms with Crippen LogP contribution in [0.2, 0.25) is 0 Å². The molecule has 26 heavy (non-hydrogen) atoms. The summed E-state index contributed by atoms with van der Waals surface area (Å²) in [4.78, 5) is 15.1. The Morgan fingerprint density at radius 3 is 2.85 bits per heavy atom. The number of ether oxygens (including phenoxy) is 1. The van der Waals surface area contributed by atoms with E-state index in [0.717, 1.165) is 29.5 Å². The molecule has 2 aromatic heterocycles. The third kappa shape index (κ3) is 3.72. The number of benzene rings is 1. The van der Waals surface area contributed by atoms with Gasteiger partial charge in [-0.3, -0.25) is 0 Å². The van der Waals surface area contributed by atoms with E-state index in [1.165, 1.54) is 12.1 Å². The zero-order chi connectivity index (χ0) is 17.9. The van der Waals surface area contributed by atoms with E-state index in [-0.39, 0.29) is 11.9 Å². The first-order chi connectivity index (χ1) is 12.7. The molecule has 0 saturated carbocycles. The molecule has 7 heteroatoms. The molecule has 3 heterocycles. The fourth-order valence-corrected chi connectivity index (χ4v) is 2.98. The van der Waals surface area contributed by atoms with E-state index in [1.54, 1.807) is 24.5 Å². The van der Waals surface area contributed by atoms with Crippen molar-refractivity contribution in [3.8, 4) is 0 Å². The first kappa shape index (κ1) is 16.7. The van der Waals surface area contributed by atoms with Gasteiger partial charge in [0.15, 0.2) is 6.10 Å². The van der Waals surface area contributed by atoms with E-state index in [1.807, 2.05) is 13.0 Å². The van der Waals surface area contributed by atoms with Crippen molar-refractivity contribution in [2.24, 2.45) is 0 Å². The lowest BCUT2D eigenvalue weighted by Crippen LogP contribution is -2.39. The van der Waals surface area contributed by atoms with Crippen LogP contribution < -0.4 is 4.90 Å². The second-order valence-corrected chi connectivity index (χ2v) is 6.24. The average Bonchev–Trinajstić information content (AvgIpc) is 3.12. The molecule has 0 amide bonds. The normalized spacial score (nSPS) is 17.5. The lowest BCUT2D eigenvalue weighted by Gasteiger charge is -2.32. The molecule has 3 aromatic rings. The fraction of sp³-hybridized carbons (Fsp3) is 0.316. The number of oxazole rings is 1. The first-order valence-corrected chi connectivity index (χ1v) is 8.52. The Balaban J connectivity index is 1.45. The molecule has 6 nitrogen and oxygen atoms in total. The summed E-state index contributed by atoms with van der Waals surface area (Å²) in [7, 11) is 0. The van der Waals surface area contributed by atoms with Crippen molar-refractivity contribution in [2.75, 3.05) is 24.6 Å². The number of halogens is 1. The van der Waals surface area contributed by atoms with Crippen LogP contribution in [-0.4, -0.2) is 34.6 Å². The van der Waals surface area contributed by atoms with Crippen LogP contribution >= 0.6 is 0 Å². The number of rotatable bonds is 4. The predicted molar refractivity (Wildman–Crippen MR) is 93.4 cm³/mol. The monoisotopic (exact) mass is 354 g/mol. The van der Waals surface area contributed by atoms with Gasteiger partial charge in [0.05, 0.1) is 19.3 Å². The lowest BCUT2D eigenvalue weighted by molar-refractivity contribution is 0.0214. The molecule has 0 aliphatic carbocycles. The molecule has 0 unspecified atom stereocenters. The Labute approximate surface area is 150 Å². The quantitative estimate of drug-likeness (QED) is 0.717. The average molecular weight is 354 g/mol. The Morgan fingerprint density at radius 2 is 2.04 bits per heavy atom. The van der Waals surface area contributed by atoms with Gasteiger partial charge in [0.25, 0.3) is 0 Å². The van der Waals surface area contributed by atoms with Gasteiger partial charge in [0, 0.05) is 19.2 Å². The van der Waals surface area contributed by atoms with Gasteiger partial charge >= 0.3 is 0 Å². The van der Waals surface area contributed by atoms with Crippen molar-refractivity contribution in [3.05, 3.63) is 71.6 Å². The zero-order valence-corrected chi connectivity index (χ0v) is 14.4. The van der Waals surface area contributed by atoms with Gasteiger partial charge in [-0.15, -0.1) is 0 Å². The van der Waals surface area contributed by atoms with Gasteiger partial charge in [0.1, 0.15) is 23.2 Å². The maximum atomic E-state index is 13.0. The summed E-state index contributed by atoms with van der Waals surface area (Å²) >= 11 is 0. The number of anilines is 1. The molecule has 1 aliphatic rings. The van der Waals surface area contributed by atoms with E-state index in [4.69, 9.17) is 9.15 Å². The Hall–Kier alpha value is -2.80. The van der Waals surface area contributed by atoms with Gasteiger partial charge in [-0.05, 0) is 30.7 Å². The van der Waals surface area contributed by atoms with Crippen molar-refractivity contribution >= 4 is 5.82 Å². The standard InChI is InChI=1S/C19H19FN4O2/c1-13-21-7-6-18(23-13)24-8-9-25-17(12-24)19-22-11-16(26-19)10-14-2-4-15(20)5-3-14/h2-7,11,17H,8-10,12H2,1H3/t17-/m1/s1. The third-order valence-electron chi connectivity index (χ3n) is 4.29. The van der Waals surface area contributed by atoms with Crippen LogP contribution in [0.4, 0.5) is 10.2 Å². The van der Waals surface area contributed by atoms with E-state index < -0.39 is 0 Å². The summed E-state index contributed by atoms with van der Waals surface area (Å²) in [5.74, 6) is 2.65. The van der Waals surface area contributed by atoms with Gasteiger partial charge in [-0.2, -0.15) is 0 Å². The minimum absolute atomic E-state index is 0.248. The van der Waals surface area contributed by atoms with Crippen molar-refractivity contribution in [1.82, 2.24) is 15.0 Å². The molecule has 1 saturated heterocycles. The van der Waals surface area contributed by atoms with Crippen LogP contribution in [0.5, 0.6) is 0 Å². The highest BCUT2D eigenvalue weighted by molar-refractivity contribution is 5.38. The van der Waals surface area contributed by atoms with E-state index in [9.17, 15) is 4.39 Å². The van der Waals surface area contributed by atoms with Crippen molar-refractivity contribution in [3.63, 3.8) is 0 Å². The highest BCUT2D eigenvalue weighted by Crippen LogP contribution is 2.25. The minimum atomic E-state index is -0.249. The van der Waals surface area contributed by atoms with Crippen LogP contribution in [0.1, 0.15) is 29.1 Å². The topological polar surface area (TPSA) is 64.3 Å². The number of hydrogen-bond acceptors (Lipinski definition) is 6. The number of hydrogen-bond donors (Lipinski definition) is 0. The smallest absolute Gasteiger partial charge is 0.225 e. The summed E-state index contributed by atoms with van der Waals surface area (Å²) in [5, 5.41) is 0.